The van der Waals surface area contributed by atoms with Crippen molar-refractivity contribution < 1.29 is 9.53 Å². The molecule has 5 heteroatoms. The van der Waals surface area contributed by atoms with E-state index in [1.165, 1.54) is 0 Å². The lowest BCUT2D eigenvalue weighted by atomic mass is 9.94. The molecule has 1 aromatic carbocycles. The number of nitrogens with one attached hydrogen (secondary N) is 1. The molecule has 0 bridgehead atoms. The molecule has 0 saturated carbocycles. The van der Waals surface area contributed by atoms with E-state index in [0.717, 1.165) is 30.7 Å². The topological polar surface area (TPSA) is 51.2 Å². The fraction of sp³-hybridized carbons (Fsp3) is 0.333. The number of hydrogen-bond acceptors (Lipinski definition) is 3. The minimum Gasteiger partial charge on any atom is -0.376 e. The largest absolute Gasteiger partial charge is 0.376 e. The van der Waals surface area contributed by atoms with E-state index in [1.807, 2.05) is 30.3 Å². The van der Waals surface area contributed by atoms with Gasteiger partial charge in [0.15, 0.2) is 0 Å². The third-order valence-electron chi connectivity index (χ3n) is 3.98. The number of nitrogens with zero attached hydrogens (tertiary/aromatic N) is 1. The number of carbonyl (C=O) groups is 1. The Balaban J connectivity index is 1.79. The van der Waals surface area contributed by atoms with Gasteiger partial charge in [-0.2, -0.15) is 0 Å². The van der Waals surface area contributed by atoms with E-state index in [1.54, 1.807) is 18.3 Å². The van der Waals surface area contributed by atoms with Gasteiger partial charge in [0, 0.05) is 24.4 Å². The standard InChI is InChI=1S/C18H19ClN2O2/c19-14-8-6-13(7-9-14)17(16-5-1-2-10-20-16)18(22)21-12-15-4-3-11-23-15/h1-2,5-10,15,17H,3-4,11-12H2,(H,21,22). The first kappa shape index (κ1) is 16.0. The molecule has 1 N–H and O–H groups in total. The highest BCUT2D eigenvalue weighted by Crippen LogP contribution is 2.25. The summed E-state index contributed by atoms with van der Waals surface area (Å²) in [4.78, 5) is 17.1. The molecule has 3 rings (SSSR count). The van der Waals surface area contributed by atoms with Gasteiger partial charge in [-0.05, 0) is 42.7 Å². The van der Waals surface area contributed by atoms with Crippen LogP contribution < -0.4 is 5.32 Å². The van der Waals surface area contributed by atoms with E-state index in [0.29, 0.717) is 11.6 Å². The zero-order valence-electron chi connectivity index (χ0n) is 12.7. The molecule has 120 valence electrons. The van der Waals surface area contributed by atoms with Crippen LogP contribution in [0.25, 0.3) is 0 Å². The fourth-order valence-electron chi connectivity index (χ4n) is 2.78. The normalized spacial score (nSPS) is 18.6. The molecule has 1 saturated heterocycles. The van der Waals surface area contributed by atoms with Crippen molar-refractivity contribution >= 4 is 17.5 Å². The van der Waals surface area contributed by atoms with Crippen molar-refractivity contribution in [1.29, 1.82) is 0 Å². The van der Waals surface area contributed by atoms with Crippen molar-refractivity contribution in [1.82, 2.24) is 10.3 Å². The van der Waals surface area contributed by atoms with Gasteiger partial charge in [0.25, 0.3) is 0 Å². The number of halogens is 1. The summed E-state index contributed by atoms with van der Waals surface area (Å²) in [5.41, 5.74) is 1.60. The number of benzene rings is 1. The Morgan fingerprint density at radius 1 is 1.30 bits per heavy atom. The van der Waals surface area contributed by atoms with Gasteiger partial charge in [-0.3, -0.25) is 9.78 Å². The molecule has 2 heterocycles. The van der Waals surface area contributed by atoms with Gasteiger partial charge in [-0.1, -0.05) is 29.8 Å². The van der Waals surface area contributed by atoms with Gasteiger partial charge in [0.1, 0.15) is 5.92 Å². The lowest BCUT2D eigenvalue weighted by molar-refractivity contribution is -0.122. The number of pyridine rings is 1. The third kappa shape index (κ3) is 4.09. The van der Waals surface area contributed by atoms with Crippen LogP contribution in [0.1, 0.15) is 30.0 Å². The Morgan fingerprint density at radius 3 is 2.78 bits per heavy atom. The number of aromatic nitrogens is 1. The SMILES string of the molecule is O=C(NCC1CCCO1)C(c1ccc(Cl)cc1)c1ccccn1. The van der Waals surface area contributed by atoms with E-state index in [2.05, 4.69) is 10.3 Å². The maximum atomic E-state index is 12.7. The summed E-state index contributed by atoms with van der Waals surface area (Å²) in [7, 11) is 0. The van der Waals surface area contributed by atoms with Crippen LogP contribution in [0.2, 0.25) is 5.02 Å². The van der Waals surface area contributed by atoms with Crippen LogP contribution in [0.5, 0.6) is 0 Å². The Bertz CT molecular complexity index is 640. The average molecular weight is 331 g/mol. The van der Waals surface area contributed by atoms with E-state index < -0.39 is 5.92 Å². The summed E-state index contributed by atoms with van der Waals surface area (Å²) in [5.74, 6) is -0.517. The van der Waals surface area contributed by atoms with Crippen molar-refractivity contribution in [2.45, 2.75) is 24.9 Å². The lowest BCUT2D eigenvalue weighted by Gasteiger charge is -2.18. The molecule has 0 radical (unpaired) electrons. The summed E-state index contributed by atoms with van der Waals surface area (Å²) in [6, 6.07) is 12.9. The van der Waals surface area contributed by atoms with E-state index in [9.17, 15) is 4.79 Å². The van der Waals surface area contributed by atoms with Gasteiger partial charge in [-0.15, -0.1) is 0 Å². The summed E-state index contributed by atoms with van der Waals surface area (Å²) in [6.07, 6.45) is 3.87. The van der Waals surface area contributed by atoms with Gasteiger partial charge < -0.3 is 10.1 Å². The molecule has 2 atom stereocenters. The van der Waals surface area contributed by atoms with Crippen LogP contribution >= 0.6 is 11.6 Å². The quantitative estimate of drug-likeness (QED) is 0.916. The first-order valence-corrected chi connectivity index (χ1v) is 8.17. The molecule has 2 unspecified atom stereocenters. The molecule has 2 aromatic rings. The molecule has 4 nitrogen and oxygen atoms in total. The predicted octanol–water partition coefficient (Wildman–Crippen LogP) is 3.16. The minimum atomic E-state index is -0.449. The second-order valence-electron chi connectivity index (χ2n) is 5.62. The molecule has 0 spiro atoms. The van der Waals surface area contributed by atoms with Crippen LogP contribution in [-0.4, -0.2) is 30.1 Å². The molecule has 23 heavy (non-hydrogen) atoms. The van der Waals surface area contributed by atoms with E-state index >= 15 is 0 Å². The minimum absolute atomic E-state index is 0.0680. The predicted molar refractivity (Wildman–Crippen MR) is 89.5 cm³/mol. The highest BCUT2D eigenvalue weighted by molar-refractivity contribution is 6.30. The van der Waals surface area contributed by atoms with Crippen molar-refractivity contribution in [2.24, 2.45) is 0 Å². The molecule has 1 fully saturated rings. The number of hydrogen-bond donors (Lipinski definition) is 1. The zero-order valence-corrected chi connectivity index (χ0v) is 13.5. The highest BCUT2D eigenvalue weighted by Gasteiger charge is 2.25. The van der Waals surface area contributed by atoms with Gasteiger partial charge in [0.05, 0.1) is 11.8 Å². The number of carbonyl (C=O) groups excluding carboxylic acids is 1. The Hall–Kier alpha value is -1.91. The lowest BCUT2D eigenvalue weighted by Crippen LogP contribution is -2.36. The van der Waals surface area contributed by atoms with Crippen LogP contribution in [0.15, 0.2) is 48.7 Å². The number of ether oxygens (including phenoxy) is 1. The van der Waals surface area contributed by atoms with Gasteiger partial charge in [0.2, 0.25) is 5.91 Å². The summed E-state index contributed by atoms with van der Waals surface area (Å²) in [5, 5.41) is 3.65. The number of amides is 1. The molecular formula is C18H19ClN2O2. The smallest absolute Gasteiger partial charge is 0.233 e. The first-order valence-electron chi connectivity index (χ1n) is 7.80. The fourth-order valence-corrected chi connectivity index (χ4v) is 2.91. The van der Waals surface area contributed by atoms with Crippen molar-refractivity contribution in [3.63, 3.8) is 0 Å². The van der Waals surface area contributed by atoms with Crippen LogP contribution in [-0.2, 0) is 9.53 Å². The van der Waals surface area contributed by atoms with Crippen molar-refractivity contribution in [3.8, 4) is 0 Å². The molecule has 1 aliphatic heterocycles. The molecule has 1 aliphatic rings. The maximum absolute atomic E-state index is 12.7. The van der Waals surface area contributed by atoms with E-state index in [4.69, 9.17) is 16.3 Å². The van der Waals surface area contributed by atoms with E-state index in [-0.39, 0.29) is 12.0 Å². The maximum Gasteiger partial charge on any atom is 0.233 e. The molecule has 1 amide bonds. The monoisotopic (exact) mass is 330 g/mol. The van der Waals surface area contributed by atoms with Crippen LogP contribution in [0.4, 0.5) is 0 Å². The summed E-state index contributed by atoms with van der Waals surface area (Å²) >= 11 is 5.96. The molecule has 1 aromatic heterocycles. The highest BCUT2D eigenvalue weighted by atomic mass is 35.5. The zero-order chi connectivity index (χ0) is 16.1. The Morgan fingerprint density at radius 2 is 2.13 bits per heavy atom. The Labute approximate surface area is 140 Å². The first-order chi connectivity index (χ1) is 11.2. The summed E-state index contributed by atoms with van der Waals surface area (Å²) in [6.45, 7) is 1.32. The second kappa shape index (κ2) is 7.57. The van der Waals surface area contributed by atoms with Crippen molar-refractivity contribution in [2.75, 3.05) is 13.2 Å². The molecular weight excluding hydrogens is 312 g/mol. The van der Waals surface area contributed by atoms with Crippen molar-refractivity contribution in [3.05, 3.63) is 64.9 Å². The Kier molecular flexibility index (Phi) is 5.26. The average Bonchev–Trinajstić information content (AvgIpc) is 3.09. The molecule has 0 aliphatic carbocycles. The third-order valence-corrected chi connectivity index (χ3v) is 4.23. The van der Waals surface area contributed by atoms with Crippen LogP contribution in [0, 0.1) is 0 Å². The van der Waals surface area contributed by atoms with Gasteiger partial charge in [-0.25, -0.2) is 0 Å². The summed E-state index contributed by atoms with van der Waals surface area (Å²) < 4.78 is 5.56. The van der Waals surface area contributed by atoms with Crippen LogP contribution in [0.3, 0.4) is 0 Å². The van der Waals surface area contributed by atoms with Gasteiger partial charge >= 0.3 is 0 Å². The number of rotatable bonds is 5. The second-order valence-corrected chi connectivity index (χ2v) is 6.06.